The van der Waals surface area contributed by atoms with Crippen molar-refractivity contribution in [1.82, 2.24) is 0 Å². The average molecular weight is 314 g/mol. The first-order valence-corrected chi connectivity index (χ1v) is 6.00. The summed E-state index contributed by atoms with van der Waals surface area (Å²) in [6.07, 6.45) is 0. The van der Waals surface area contributed by atoms with Gasteiger partial charge in [0.05, 0.1) is 5.56 Å². The molecule has 0 aliphatic rings. The summed E-state index contributed by atoms with van der Waals surface area (Å²) in [5.74, 6) is -0.926. The van der Waals surface area contributed by atoms with Crippen molar-refractivity contribution in [3.8, 4) is 0 Å². The van der Waals surface area contributed by atoms with E-state index >= 15 is 0 Å². The Morgan fingerprint density at radius 3 is 2.65 bits per heavy atom. The van der Waals surface area contributed by atoms with E-state index in [-0.39, 0.29) is 11.3 Å². The number of hydrogen-bond donors (Lipinski definition) is 0. The van der Waals surface area contributed by atoms with E-state index in [0.29, 0.717) is 15.1 Å². The third-order valence-electron chi connectivity index (χ3n) is 2.26. The summed E-state index contributed by atoms with van der Waals surface area (Å²) in [5.41, 5.74) is 0.399. The van der Waals surface area contributed by atoms with Crippen LogP contribution in [-0.2, 0) is 0 Å². The van der Waals surface area contributed by atoms with Crippen molar-refractivity contribution in [2.24, 2.45) is 0 Å². The zero-order chi connectivity index (χ0) is 12.4. The molecule has 0 heterocycles. The Labute approximate surface area is 111 Å². The zero-order valence-electron chi connectivity index (χ0n) is 8.58. The molecule has 2 aromatic rings. The lowest BCUT2D eigenvalue weighted by Gasteiger charge is -2.03. The first-order chi connectivity index (χ1) is 8.08. The van der Waals surface area contributed by atoms with E-state index in [1.54, 1.807) is 24.3 Å². The smallest absolute Gasteiger partial charge is 0.196 e. The maximum absolute atomic E-state index is 13.5. The Morgan fingerprint density at radius 1 is 1.18 bits per heavy atom. The Bertz CT molecular complexity index is 583. The van der Waals surface area contributed by atoms with Crippen LogP contribution in [0, 0.1) is 5.82 Å². The van der Waals surface area contributed by atoms with Crippen molar-refractivity contribution in [1.29, 1.82) is 0 Å². The van der Waals surface area contributed by atoms with Crippen molar-refractivity contribution >= 4 is 33.3 Å². The molecule has 0 aliphatic heterocycles. The number of hydrogen-bond acceptors (Lipinski definition) is 1. The van der Waals surface area contributed by atoms with Gasteiger partial charge in [0.15, 0.2) is 5.78 Å². The standard InChI is InChI=1S/C13H7BrClFO/c14-9-4-5-12(16)11(7-9)13(17)8-2-1-3-10(15)6-8/h1-7H. The second kappa shape index (κ2) is 4.98. The fourth-order valence-electron chi connectivity index (χ4n) is 1.46. The third kappa shape index (κ3) is 2.73. The summed E-state index contributed by atoms with van der Waals surface area (Å²) in [5, 5.41) is 0.450. The van der Waals surface area contributed by atoms with Gasteiger partial charge in [-0.1, -0.05) is 39.7 Å². The molecule has 0 spiro atoms. The van der Waals surface area contributed by atoms with Crippen LogP contribution in [0.4, 0.5) is 4.39 Å². The lowest BCUT2D eigenvalue weighted by Crippen LogP contribution is -2.04. The molecule has 0 amide bonds. The van der Waals surface area contributed by atoms with E-state index < -0.39 is 5.82 Å². The number of ketones is 1. The van der Waals surface area contributed by atoms with Gasteiger partial charge in [0.2, 0.25) is 0 Å². The minimum Gasteiger partial charge on any atom is -0.288 e. The molecular weight excluding hydrogens is 306 g/mol. The molecule has 0 fully saturated rings. The SMILES string of the molecule is O=C(c1cccc(Cl)c1)c1cc(Br)ccc1F. The second-order valence-electron chi connectivity index (χ2n) is 3.46. The molecule has 0 aromatic heterocycles. The zero-order valence-corrected chi connectivity index (χ0v) is 10.9. The van der Waals surface area contributed by atoms with Gasteiger partial charge in [-0.05, 0) is 30.3 Å². The molecule has 2 aromatic carbocycles. The van der Waals surface area contributed by atoms with Crippen LogP contribution in [0.5, 0.6) is 0 Å². The van der Waals surface area contributed by atoms with Crippen LogP contribution in [0.2, 0.25) is 5.02 Å². The number of benzene rings is 2. The molecule has 0 radical (unpaired) electrons. The molecule has 0 unspecified atom stereocenters. The highest BCUT2D eigenvalue weighted by Crippen LogP contribution is 2.20. The number of carbonyl (C=O) groups is 1. The minimum atomic E-state index is -0.543. The van der Waals surface area contributed by atoms with E-state index in [0.717, 1.165) is 0 Å². The molecule has 0 N–H and O–H groups in total. The topological polar surface area (TPSA) is 17.1 Å². The highest BCUT2D eigenvalue weighted by atomic mass is 79.9. The first-order valence-electron chi connectivity index (χ1n) is 4.83. The minimum absolute atomic E-state index is 0.0293. The van der Waals surface area contributed by atoms with Gasteiger partial charge in [0.25, 0.3) is 0 Å². The average Bonchev–Trinajstić information content (AvgIpc) is 2.31. The van der Waals surface area contributed by atoms with Gasteiger partial charge in [-0.15, -0.1) is 0 Å². The van der Waals surface area contributed by atoms with Gasteiger partial charge >= 0.3 is 0 Å². The summed E-state index contributed by atoms with van der Waals surface area (Å²) in [6.45, 7) is 0. The summed E-state index contributed by atoms with van der Waals surface area (Å²) in [4.78, 5) is 12.1. The normalized spacial score (nSPS) is 10.3. The number of carbonyl (C=O) groups excluding carboxylic acids is 1. The van der Waals surface area contributed by atoms with Crippen LogP contribution in [0.3, 0.4) is 0 Å². The Kier molecular flexibility index (Phi) is 3.60. The highest BCUT2D eigenvalue weighted by molar-refractivity contribution is 9.10. The van der Waals surface area contributed by atoms with Crippen LogP contribution in [0.1, 0.15) is 15.9 Å². The summed E-state index contributed by atoms with van der Waals surface area (Å²) in [6, 6.07) is 10.7. The predicted molar refractivity (Wildman–Crippen MR) is 69.0 cm³/mol. The van der Waals surface area contributed by atoms with Gasteiger partial charge in [-0.2, -0.15) is 0 Å². The third-order valence-corrected chi connectivity index (χ3v) is 2.99. The maximum atomic E-state index is 13.5. The van der Waals surface area contributed by atoms with Gasteiger partial charge in [0.1, 0.15) is 5.82 Å². The number of rotatable bonds is 2. The van der Waals surface area contributed by atoms with Crippen LogP contribution < -0.4 is 0 Å². The van der Waals surface area contributed by atoms with Crippen LogP contribution in [-0.4, -0.2) is 5.78 Å². The fourth-order valence-corrected chi connectivity index (χ4v) is 2.01. The Morgan fingerprint density at radius 2 is 1.94 bits per heavy atom. The molecule has 2 rings (SSSR count). The van der Waals surface area contributed by atoms with Gasteiger partial charge in [-0.25, -0.2) is 4.39 Å². The molecule has 4 heteroatoms. The van der Waals surface area contributed by atoms with Crippen LogP contribution in [0.25, 0.3) is 0 Å². The lowest BCUT2D eigenvalue weighted by molar-refractivity contribution is 0.103. The molecule has 0 saturated carbocycles. The summed E-state index contributed by atoms with van der Waals surface area (Å²) < 4.78 is 14.2. The molecule has 17 heavy (non-hydrogen) atoms. The monoisotopic (exact) mass is 312 g/mol. The van der Waals surface area contributed by atoms with E-state index in [2.05, 4.69) is 15.9 Å². The summed E-state index contributed by atoms with van der Waals surface area (Å²) >= 11 is 9.00. The molecule has 86 valence electrons. The van der Waals surface area contributed by atoms with Crippen molar-refractivity contribution in [2.75, 3.05) is 0 Å². The van der Waals surface area contributed by atoms with E-state index in [1.165, 1.54) is 18.2 Å². The van der Waals surface area contributed by atoms with E-state index in [4.69, 9.17) is 11.6 Å². The van der Waals surface area contributed by atoms with E-state index in [9.17, 15) is 9.18 Å². The lowest BCUT2D eigenvalue weighted by atomic mass is 10.0. The largest absolute Gasteiger partial charge is 0.288 e. The molecular formula is C13H7BrClFO. The van der Waals surface area contributed by atoms with Crippen molar-refractivity contribution in [3.05, 3.63) is 68.9 Å². The van der Waals surface area contributed by atoms with Crippen LogP contribution >= 0.6 is 27.5 Å². The van der Waals surface area contributed by atoms with Crippen molar-refractivity contribution in [2.45, 2.75) is 0 Å². The fraction of sp³-hybridized carbons (Fsp3) is 0. The van der Waals surface area contributed by atoms with Crippen molar-refractivity contribution in [3.63, 3.8) is 0 Å². The highest BCUT2D eigenvalue weighted by Gasteiger charge is 2.14. The second-order valence-corrected chi connectivity index (χ2v) is 4.82. The van der Waals surface area contributed by atoms with Gasteiger partial charge in [-0.3, -0.25) is 4.79 Å². The number of halogens is 3. The molecule has 0 saturated heterocycles. The Balaban J connectivity index is 2.47. The predicted octanol–water partition coefficient (Wildman–Crippen LogP) is 4.47. The van der Waals surface area contributed by atoms with Gasteiger partial charge in [0, 0.05) is 15.1 Å². The quantitative estimate of drug-likeness (QED) is 0.748. The van der Waals surface area contributed by atoms with Crippen LogP contribution in [0.15, 0.2) is 46.9 Å². The molecule has 1 nitrogen and oxygen atoms in total. The Hall–Kier alpha value is -1.19. The van der Waals surface area contributed by atoms with Gasteiger partial charge < -0.3 is 0 Å². The molecule has 0 atom stereocenters. The molecule has 0 aliphatic carbocycles. The summed E-state index contributed by atoms with van der Waals surface area (Å²) in [7, 11) is 0. The maximum Gasteiger partial charge on any atom is 0.196 e. The molecule has 0 bridgehead atoms. The van der Waals surface area contributed by atoms with E-state index in [1.807, 2.05) is 0 Å². The van der Waals surface area contributed by atoms with Crippen molar-refractivity contribution < 1.29 is 9.18 Å². The first kappa shape index (κ1) is 12.3.